The highest BCUT2D eigenvalue weighted by atomic mass is 32.2. The van der Waals surface area contributed by atoms with Gasteiger partial charge in [0.2, 0.25) is 0 Å². The first-order valence-electron chi connectivity index (χ1n) is 6.95. The zero-order chi connectivity index (χ0) is 17.7. The monoisotopic (exact) mass is 361 g/mol. The highest BCUT2D eigenvalue weighted by Crippen LogP contribution is 2.16. The van der Waals surface area contributed by atoms with Crippen molar-refractivity contribution in [1.29, 1.82) is 0 Å². The smallest absolute Gasteiger partial charge is 0.191 e. The average molecular weight is 361 g/mol. The predicted octanol–water partition coefficient (Wildman–Crippen LogP) is 0.108. The molecule has 0 aliphatic heterocycles. The highest BCUT2D eigenvalue weighted by molar-refractivity contribution is 7.91. The Morgan fingerprint density at radius 1 is 1.13 bits per heavy atom. The van der Waals surface area contributed by atoms with Gasteiger partial charge in [-0.05, 0) is 24.1 Å². The van der Waals surface area contributed by atoms with Crippen LogP contribution in [-0.2, 0) is 26.2 Å². The lowest BCUT2D eigenvalue weighted by atomic mass is 10.1. The van der Waals surface area contributed by atoms with Crippen molar-refractivity contribution in [1.82, 2.24) is 10.6 Å². The van der Waals surface area contributed by atoms with E-state index in [-0.39, 0.29) is 12.3 Å². The Bertz CT molecular complexity index is 784. The van der Waals surface area contributed by atoms with Crippen molar-refractivity contribution in [2.75, 3.05) is 31.9 Å². The van der Waals surface area contributed by atoms with E-state index in [0.29, 0.717) is 23.0 Å². The second-order valence-corrected chi connectivity index (χ2v) is 9.60. The van der Waals surface area contributed by atoms with Crippen molar-refractivity contribution >= 4 is 25.6 Å². The molecule has 23 heavy (non-hydrogen) atoms. The van der Waals surface area contributed by atoms with Gasteiger partial charge in [0.1, 0.15) is 9.84 Å². The normalized spacial score (nSPS) is 13.0. The Balaban J connectivity index is 2.65. The fraction of sp³-hybridized carbons (Fsp3) is 0.500. The molecule has 7 nitrogen and oxygen atoms in total. The summed E-state index contributed by atoms with van der Waals surface area (Å²) in [5.74, 6) is 0.508. The molecule has 0 saturated carbocycles. The van der Waals surface area contributed by atoms with Gasteiger partial charge in [-0.2, -0.15) is 0 Å². The van der Waals surface area contributed by atoms with Gasteiger partial charge in [0.25, 0.3) is 0 Å². The summed E-state index contributed by atoms with van der Waals surface area (Å²) in [6.45, 7) is 2.47. The third-order valence-electron chi connectivity index (χ3n) is 3.09. The van der Waals surface area contributed by atoms with Gasteiger partial charge in [0, 0.05) is 32.6 Å². The fourth-order valence-electron chi connectivity index (χ4n) is 2.00. The van der Waals surface area contributed by atoms with Crippen LogP contribution in [0.15, 0.2) is 28.1 Å². The lowest BCUT2D eigenvalue weighted by molar-refractivity contribution is 0.598. The number of benzene rings is 1. The van der Waals surface area contributed by atoms with Crippen molar-refractivity contribution in [3.05, 3.63) is 29.3 Å². The fourth-order valence-corrected chi connectivity index (χ4v) is 3.43. The molecule has 0 unspecified atom stereocenters. The first-order valence-corrected chi connectivity index (χ1v) is 10.9. The molecule has 0 radical (unpaired) electrons. The molecule has 0 spiro atoms. The quantitative estimate of drug-likeness (QED) is 0.550. The number of nitrogens with zero attached hydrogens (tertiary/aromatic N) is 1. The molecule has 0 bridgehead atoms. The van der Waals surface area contributed by atoms with Crippen LogP contribution in [0.2, 0.25) is 0 Å². The van der Waals surface area contributed by atoms with Gasteiger partial charge in [-0.25, -0.2) is 16.8 Å². The van der Waals surface area contributed by atoms with Gasteiger partial charge < -0.3 is 10.6 Å². The van der Waals surface area contributed by atoms with Crippen molar-refractivity contribution < 1.29 is 16.8 Å². The van der Waals surface area contributed by atoms with Crippen LogP contribution >= 0.6 is 0 Å². The molecule has 0 saturated heterocycles. The summed E-state index contributed by atoms with van der Waals surface area (Å²) in [4.78, 5) is 4.32. The number of aryl methyl sites for hydroxylation is 1. The second kappa shape index (κ2) is 7.78. The van der Waals surface area contributed by atoms with Crippen LogP contribution in [-0.4, -0.2) is 54.7 Å². The first kappa shape index (κ1) is 19.4. The minimum Gasteiger partial charge on any atom is -0.355 e. The van der Waals surface area contributed by atoms with E-state index < -0.39 is 19.7 Å². The van der Waals surface area contributed by atoms with Crippen LogP contribution in [0.3, 0.4) is 0 Å². The van der Waals surface area contributed by atoms with Gasteiger partial charge in [-0.3, -0.25) is 4.99 Å². The predicted molar refractivity (Wildman–Crippen MR) is 92.2 cm³/mol. The number of sulfone groups is 2. The van der Waals surface area contributed by atoms with Crippen molar-refractivity contribution in [3.63, 3.8) is 0 Å². The van der Waals surface area contributed by atoms with Gasteiger partial charge in [0.15, 0.2) is 15.8 Å². The van der Waals surface area contributed by atoms with Crippen molar-refractivity contribution in [2.45, 2.75) is 18.4 Å². The lowest BCUT2D eigenvalue weighted by Crippen LogP contribution is -2.39. The average Bonchev–Trinajstić information content (AvgIpc) is 2.40. The maximum absolute atomic E-state index is 11.6. The van der Waals surface area contributed by atoms with Crippen LogP contribution in [0, 0.1) is 6.92 Å². The number of guanidine groups is 1. The van der Waals surface area contributed by atoms with Gasteiger partial charge in [-0.1, -0.05) is 12.1 Å². The zero-order valence-corrected chi connectivity index (χ0v) is 15.4. The van der Waals surface area contributed by atoms with E-state index in [1.54, 1.807) is 32.2 Å². The Morgan fingerprint density at radius 2 is 1.78 bits per heavy atom. The third kappa shape index (κ3) is 7.00. The Labute approximate surface area is 138 Å². The van der Waals surface area contributed by atoms with Crippen LogP contribution < -0.4 is 10.6 Å². The Kier molecular flexibility index (Phi) is 6.57. The molecule has 0 amide bonds. The summed E-state index contributed by atoms with van der Waals surface area (Å²) >= 11 is 0. The topological polar surface area (TPSA) is 105 Å². The largest absolute Gasteiger partial charge is 0.355 e. The van der Waals surface area contributed by atoms with Crippen molar-refractivity contribution in [2.24, 2.45) is 4.99 Å². The molecule has 0 aliphatic rings. The molecule has 0 fully saturated rings. The summed E-state index contributed by atoms with van der Waals surface area (Å²) in [6.07, 6.45) is 2.36. The third-order valence-corrected chi connectivity index (χ3v) is 5.29. The zero-order valence-electron chi connectivity index (χ0n) is 13.8. The van der Waals surface area contributed by atoms with Crippen LogP contribution in [0.25, 0.3) is 0 Å². The lowest BCUT2D eigenvalue weighted by Gasteiger charge is -2.12. The summed E-state index contributed by atoms with van der Waals surface area (Å²) in [5.41, 5.74) is 1.59. The van der Waals surface area contributed by atoms with Gasteiger partial charge >= 0.3 is 0 Å². The highest BCUT2D eigenvalue weighted by Gasteiger charge is 2.11. The second-order valence-electron chi connectivity index (χ2n) is 5.35. The summed E-state index contributed by atoms with van der Waals surface area (Å²) in [5, 5.41) is 5.96. The molecular weight excluding hydrogens is 338 g/mol. The molecule has 0 heterocycles. The maximum Gasteiger partial charge on any atom is 0.191 e. The molecule has 0 aliphatic carbocycles. The van der Waals surface area contributed by atoms with E-state index in [1.807, 2.05) is 0 Å². The minimum absolute atomic E-state index is 0.0237. The molecule has 1 rings (SSSR count). The number of rotatable bonds is 6. The summed E-state index contributed by atoms with van der Waals surface area (Å²) in [6, 6.07) is 5.12. The van der Waals surface area contributed by atoms with E-state index in [1.165, 1.54) is 12.5 Å². The first-order chi connectivity index (χ1) is 10.5. The van der Waals surface area contributed by atoms with Crippen molar-refractivity contribution in [3.8, 4) is 0 Å². The Hall–Kier alpha value is -1.61. The van der Waals surface area contributed by atoms with E-state index in [0.717, 1.165) is 5.56 Å². The molecule has 9 heteroatoms. The van der Waals surface area contributed by atoms with E-state index in [4.69, 9.17) is 0 Å². The Morgan fingerprint density at radius 3 is 2.26 bits per heavy atom. The van der Waals surface area contributed by atoms with Crippen LogP contribution in [0.5, 0.6) is 0 Å². The molecule has 0 atom stereocenters. The molecule has 1 aromatic rings. The standard InChI is InChI=1S/C14H23N3O4S2/c1-11-9-12(5-6-13(11)23(4,20)21)10-17-14(15-2)16-7-8-22(3,18)19/h5-6,9H,7-8,10H2,1-4H3,(H2,15,16,17). The minimum atomic E-state index is -3.23. The van der Waals surface area contributed by atoms with Gasteiger partial charge in [-0.15, -0.1) is 0 Å². The number of hydrogen-bond donors (Lipinski definition) is 2. The summed E-state index contributed by atoms with van der Waals surface area (Å²) in [7, 11) is -4.66. The van der Waals surface area contributed by atoms with Crippen LogP contribution in [0.4, 0.5) is 0 Å². The van der Waals surface area contributed by atoms with Crippen LogP contribution in [0.1, 0.15) is 11.1 Å². The maximum atomic E-state index is 11.6. The molecule has 1 aromatic carbocycles. The number of aliphatic imine (C=N–C) groups is 1. The number of nitrogens with one attached hydrogen (secondary N) is 2. The molecule has 130 valence electrons. The van der Waals surface area contributed by atoms with Gasteiger partial charge in [0.05, 0.1) is 10.6 Å². The SMILES string of the molecule is CN=C(NCCS(C)(=O)=O)NCc1ccc(S(C)(=O)=O)c(C)c1. The molecular formula is C14H23N3O4S2. The molecule has 2 N–H and O–H groups in total. The molecule has 0 aromatic heterocycles. The van der Waals surface area contributed by atoms with E-state index >= 15 is 0 Å². The van der Waals surface area contributed by atoms with E-state index in [9.17, 15) is 16.8 Å². The number of hydrogen-bond acceptors (Lipinski definition) is 5. The summed E-state index contributed by atoms with van der Waals surface area (Å²) < 4.78 is 45.3. The van der Waals surface area contributed by atoms with E-state index in [2.05, 4.69) is 15.6 Å².